The molecule has 0 spiro atoms. The van der Waals surface area contributed by atoms with Crippen molar-refractivity contribution >= 4 is 17.9 Å². The summed E-state index contributed by atoms with van der Waals surface area (Å²) >= 11 is 0. The van der Waals surface area contributed by atoms with Gasteiger partial charge in [-0.15, -0.1) is 0 Å². The number of phenolic OH excluding ortho intramolecular Hbond substituents is 1. The minimum Gasteiger partial charge on any atom is -0.504 e. The molecule has 0 fully saturated rings. The maximum absolute atomic E-state index is 12.3. The van der Waals surface area contributed by atoms with Crippen molar-refractivity contribution in [2.75, 3.05) is 7.11 Å². The molecule has 1 heterocycles. The molecule has 0 amide bonds. The zero-order valence-electron chi connectivity index (χ0n) is 14.4. The number of ether oxygens (including phenoxy) is 2. The Balaban J connectivity index is 1.79. The average molecular weight is 336 g/mol. The summed E-state index contributed by atoms with van der Waals surface area (Å²) in [5.74, 6) is 0.952. The third-order valence-electron chi connectivity index (χ3n) is 3.96. The molecule has 3 rings (SSSR count). The number of methoxy groups -OCH3 is 1. The Morgan fingerprint density at radius 2 is 2.00 bits per heavy atom. The molecule has 0 bridgehead atoms. The van der Waals surface area contributed by atoms with E-state index in [1.807, 2.05) is 44.2 Å². The standard InChI is InChI=1S/C21H20O4/c1-21(2)11-10-16-12-14(5-9-19(16)25-21)4-7-17(22)15-6-8-18(23)20(13-15)24-3/h4-13,23H,1-3H3/b7-4+. The molecule has 0 saturated carbocycles. The summed E-state index contributed by atoms with van der Waals surface area (Å²) in [5, 5.41) is 9.60. The predicted octanol–water partition coefficient (Wildman–Crippen LogP) is 4.48. The lowest BCUT2D eigenvalue weighted by molar-refractivity contribution is 0.104. The van der Waals surface area contributed by atoms with E-state index in [-0.39, 0.29) is 22.9 Å². The highest BCUT2D eigenvalue weighted by Gasteiger charge is 2.21. The van der Waals surface area contributed by atoms with E-state index in [9.17, 15) is 9.90 Å². The van der Waals surface area contributed by atoms with Gasteiger partial charge in [-0.2, -0.15) is 0 Å². The second-order valence-electron chi connectivity index (χ2n) is 6.42. The van der Waals surface area contributed by atoms with E-state index in [0.717, 1.165) is 16.9 Å². The highest BCUT2D eigenvalue weighted by atomic mass is 16.5. The zero-order valence-corrected chi connectivity index (χ0v) is 14.4. The van der Waals surface area contributed by atoms with Gasteiger partial charge in [0.2, 0.25) is 0 Å². The lowest BCUT2D eigenvalue weighted by Gasteiger charge is -2.27. The fraction of sp³-hybridized carbons (Fsp3) is 0.190. The van der Waals surface area contributed by atoms with Gasteiger partial charge in [-0.1, -0.05) is 18.2 Å². The van der Waals surface area contributed by atoms with Crippen molar-refractivity contribution < 1.29 is 19.4 Å². The van der Waals surface area contributed by atoms with Crippen molar-refractivity contribution in [3.8, 4) is 17.2 Å². The SMILES string of the molecule is COc1cc(C(=O)/C=C/c2ccc3c(c2)C=CC(C)(C)O3)ccc1O. The Morgan fingerprint density at radius 3 is 2.76 bits per heavy atom. The number of carbonyl (C=O) groups excluding carboxylic acids is 1. The van der Waals surface area contributed by atoms with Gasteiger partial charge in [0.05, 0.1) is 7.11 Å². The molecule has 0 radical (unpaired) electrons. The summed E-state index contributed by atoms with van der Waals surface area (Å²) in [5.41, 5.74) is 2.04. The topological polar surface area (TPSA) is 55.8 Å². The molecule has 0 aliphatic carbocycles. The summed E-state index contributed by atoms with van der Waals surface area (Å²) in [6.07, 6.45) is 7.31. The highest BCUT2D eigenvalue weighted by molar-refractivity contribution is 6.07. The van der Waals surface area contributed by atoms with Crippen LogP contribution < -0.4 is 9.47 Å². The van der Waals surface area contributed by atoms with Crippen LogP contribution in [0.15, 0.2) is 48.6 Å². The van der Waals surface area contributed by atoms with Crippen LogP contribution in [0.5, 0.6) is 17.2 Å². The minimum absolute atomic E-state index is 0.00688. The molecule has 128 valence electrons. The number of rotatable bonds is 4. The van der Waals surface area contributed by atoms with Gasteiger partial charge in [0.1, 0.15) is 11.4 Å². The van der Waals surface area contributed by atoms with Crippen molar-refractivity contribution in [2.24, 2.45) is 0 Å². The lowest BCUT2D eigenvalue weighted by atomic mass is 10.0. The molecule has 1 aliphatic rings. The first kappa shape index (κ1) is 16.8. The second-order valence-corrected chi connectivity index (χ2v) is 6.42. The summed E-state index contributed by atoms with van der Waals surface area (Å²) in [4.78, 5) is 12.3. The van der Waals surface area contributed by atoms with Gasteiger partial charge in [-0.3, -0.25) is 4.79 Å². The Hall–Kier alpha value is -3.01. The molecule has 25 heavy (non-hydrogen) atoms. The van der Waals surface area contributed by atoms with E-state index < -0.39 is 0 Å². The van der Waals surface area contributed by atoms with E-state index in [1.165, 1.54) is 25.3 Å². The monoisotopic (exact) mass is 336 g/mol. The van der Waals surface area contributed by atoms with Crippen molar-refractivity contribution in [3.05, 3.63) is 65.2 Å². The minimum atomic E-state index is -0.307. The smallest absolute Gasteiger partial charge is 0.185 e. The van der Waals surface area contributed by atoms with Crippen LogP contribution in [0, 0.1) is 0 Å². The molecule has 4 heteroatoms. The van der Waals surface area contributed by atoms with Gasteiger partial charge in [0.25, 0.3) is 0 Å². The molecule has 2 aromatic carbocycles. The maximum Gasteiger partial charge on any atom is 0.185 e. The summed E-state index contributed by atoms with van der Waals surface area (Å²) in [7, 11) is 1.45. The first-order valence-electron chi connectivity index (χ1n) is 8.00. The molecule has 0 aromatic heterocycles. The highest BCUT2D eigenvalue weighted by Crippen LogP contribution is 2.31. The number of phenols is 1. The second kappa shape index (κ2) is 6.48. The first-order chi connectivity index (χ1) is 11.9. The number of hydrogen-bond donors (Lipinski definition) is 1. The number of benzene rings is 2. The van der Waals surface area contributed by atoms with Gasteiger partial charge in [-0.05, 0) is 61.9 Å². The van der Waals surface area contributed by atoms with Crippen LogP contribution in [0.4, 0.5) is 0 Å². The van der Waals surface area contributed by atoms with Gasteiger partial charge in [-0.25, -0.2) is 0 Å². The number of ketones is 1. The number of hydrogen-bond acceptors (Lipinski definition) is 4. The number of allylic oxidation sites excluding steroid dienone is 1. The molecule has 1 N–H and O–H groups in total. The van der Waals surface area contributed by atoms with E-state index in [0.29, 0.717) is 5.56 Å². The van der Waals surface area contributed by atoms with Gasteiger partial charge in [0.15, 0.2) is 17.3 Å². The quantitative estimate of drug-likeness (QED) is 0.660. The zero-order chi connectivity index (χ0) is 18.0. The Bertz CT molecular complexity index is 875. The molecular formula is C21H20O4. The number of fused-ring (bicyclic) bond motifs is 1. The lowest BCUT2D eigenvalue weighted by Crippen LogP contribution is -2.27. The number of aromatic hydroxyl groups is 1. The molecule has 4 nitrogen and oxygen atoms in total. The molecule has 1 aliphatic heterocycles. The molecular weight excluding hydrogens is 316 g/mol. The maximum atomic E-state index is 12.3. The van der Waals surface area contributed by atoms with Crippen molar-refractivity contribution in [1.29, 1.82) is 0 Å². The van der Waals surface area contributed by atoms with Crippen LogP contribution in [-0.4, -0.2) is 23.6 Å². The van der Waals surface area contributed by atoms with Crippen LogP contribution in [0.25, 0.3) is 12.2 Å². The first-order valence-corrected chi connectivity index (χ1v) is 8.00. The van der Waals surface area contributed by atoms with Crippen LogP contribution in [0.1, 0.15) is 35.3 Å². The van der Waals surface area contributed by atoms with Crippen LogP contribution in [-0.2, 0) is 0 Å². The Morgan fingerprint density at radius 1 is 1.20 bits per heavy atom. The van der Waals surface area contributed by atoms with E-state index >= 15 is 0 Å². The van der Waals surface area contributed by atoms with Crippen molar-refractivity contribution in [1.82, 2.24) is 0 Å². The fourth-order valence-corrected chi connectivity index (χ4v) is 2.60. The van der Waals surface area contributed by atoms with Crippen LogP contribution in [0.3, 0.4) is 0 Å². The Kier molecular flexibility index (Phi) is 4.36. The van der Waals surface area contributed by atoms with E-state index in [2.05, 4.69) is 0 Å². The third-order valence-corrected chi connectivity index (χ3v) is 3.96. The van der Waals surface area contributed by atoms with E-state index in [4.69, 9.17) is 9.47 Å². The van der Waals surface area contributed by atoms with Crippen LogP contribution in [0.2, 0.25) is 0 Å². The van der Waals surface area contributed by atoms with Crippen molar-refractivity contribution in [2.45, 2.75) is 19.4 Å². The van der Waals surface area contributed by atoms with E-state index in [1.54, 1.807) is 12.1 Å². The number of carbonyl (C=O) groups is 1. The fourth-order valence-electron chi connectivity index (χ4n) is 2.60. The summed E-state index contributed by atoms with van der Waals surface area (Å²) in [6.45, 7) is 4.01. The molecule has 2 aromatic rings. The molecule has 0 unspecified atom stereocenters. The summed E-state index contributed by atoms with van der Waals surface area (Å²) in [6, 6.07) is 10.3. The van der Waals surface area contributed by atoms with Gasteiger partial charge in [0, 0.05) is 11.1 Å². The normalized spacial score (nSPS) is 14.8. The predicted molar refractivity (Wildman–Crippen MR) is 98.2 cm³/mol. The largest absolute Gasteiger partial charge is 0.504 e. The van der Waals surface area contributed by atoms with Crippen LogP contribution >= 0.6 is 0 Å². The molecule has 0 saturated heterocycles. The third kappa shape index (κ3) is 3.74. The van der Waals surface area contributed by atoms with Crippen molar-refractivity contribution in [3.63, 3.8) is 0 Å². The average Bonchev–Trinajstić information content (AvgIpc) is 2.59. The van der Waals surface area contributed by atoms with Gasteiger partial charge < -0.3 is 14.6 Å². The summed E-state index contributed by atoms with van der Waals surface area (Å²) < 4.78 is 10.9. The van der Waals surface area contributed by atoms with Gasteiger partial charge >= 0.3 is 0 Å². The molecule has 0 atom stereocenters. The Labute approximate surface area is 147 Å².